The van der Waals surface area contributed by atoms with Gasteiger partial charge in [0.1, 0.15) is 13.2 Å². The van der Waals surface area contributed by atoms with Crippen molar-refractivity contribution >= 4 is 17.9 Å². The minimum absolute atomic E-state index is 0.115. The van der Waals surface area contributed by atoms with Gasteiger partial charge >= 0.3 is 17.9 Å². The maximum atomic E-state index is 12.8. The molecule has 0 aromatic heterocycles. The molecule has 0 rings (SSSR count). The number of allylic oxidation sites excluding steroid dienone is 16. The van der Waals surface area contributed by atoms with Gasteiger partial charge in [-0.2, -0.15) is 0 Å². The molecule has 0 bridgehead atoms. The Morgan fingerprint density at radius 1 is 0.333 bits per heavy atom. The number of unbranched alkanes of at least 4 members (excludes halogenated alkanes) is 18. The Labute approximate surface area is 387 Å². The summed E-state index contributed by atoms with van der Waals surface area (Å²) in [6.45, 7) is 6.40. The minimum atomic E-state index is -0.814. The molecule has 6 nitrogen and oxygen atoms in total. The van der Waals surface area contributed by atoms with Crippen LogP contribution < -0.4 is 0 Å². The standard InChI is InChI=1S/C57H94O6/c1-4-7-10-13-16-19-22-25-28-31-34-37-40-43-46-49-55(58)61-52-54(63-57(60)51-48-45-42-39-36-33-30-27-24-21-18-15-12-9-6-3)53-62-56(59)50-47-44-41-38-35-32-29-26-23-20-17-14-11-8-5-2/h7,10,16-17,19-20,25-30,34-35,37-38,54H,4-6,8-9,11-15,18,21-24,31-33,36,39-53H2,1-3H3/b10-7-,19-16-,20-17-,28-25-,29-26-,30-27-,37-34-,38-35-/t54-/m1/s1. The predicted octanol–water partition coefficient (Wildman–Crippen LogP) is 17.0. The molecule has 0 amide bonds. The quantitative estimate of drug-likeness (QED) is 0.0262. The minimum Gasteiger partial charge on any atom is -0.462 e. The first-order chi connectivity index (χ1) is 31.0. The number of carbonyl (C=O) groups is 3. The molecule has 0 saturated heterocycles. The van der Waals surface area contributed by atoms with Crippen LogP contribution in [0.2, 0.25) is 0 Å². The second-order valence-electron chi connectivity index (χ2n) is 16.7. The Morgan fingerprint density at radius 3 is 1.05 bits per heavy atom. The molecule has 0 heterocycles. The topological polar surface area (TPSA) is 78.9 Å². The van der Waals surface area contributed by atoms with E-state index < -0.39 is 6.10 Å². The lowest BCUT2D eigenvalue weighted by atomic mass is 10.1. The summed E-state index contributed by atoms with van der Waals surface area (Å²) in [7, 11) is 0. The molecule has 0 aliphatic rings. The van der Waals surface area contributed by atoms with Crippen molar-refractivity contribution in [3.05, 3.63) is 97.2 Å². The summed E-state index contributed by atoms with van der Waals surface area (Å²) < 4.78 is 16.7. The van der Waals surface area contributed by atoms with Gasteiger partial charge in [-0.3, -0.25) is 14.4 Å². The highest BCUT2D eigenvalue weighted by Gasteiger charge is 2.19. The molecule has 63 heavy (non-hydrogen) atoms. The number of rotatable bonds is 45. The van der Waals surface area contributed by atoms with Crippen LogP contribution in [-0.4, -0.2) is 37.2 Å². The van der Waals surface area contributed by atoms with E-state index in [2.05, 4.69) is 118 Å². The summed E-state index contributed by atoms with van der Waals surface area (Å²) >= 11 is 0. The summed E-state index contributed by atoms with van der Waals surface area (Å²) in [5, 5.41) is 0. The van der Waals surface area contributed by atoms with Crippen LogP contribution in [0.1, 0.15) is 226 Å². The zero-order chi connectivity index (χ0) is 45.8. The first kappa shape index (κ1) is 59.3. The summed E-state index contributed by atoms with van der Waals surface area (Å²) in [6, 6.07) is 0. The summed E-state index contributed by atoms with van der Waals surface area (Å²) in [5.74, 6) is -1.00. The first-order valence-corrected chi connectivity index (χ1v) is 25.7. The molecule has 0 aliphatic carbocycles. The van der Waals surface area contributed by atoms with Crippen LogP contribution >= 0.6 is 0 Å². The van der Waals surface area contributed by atoms with Gasteiger partial charge in [0.15, 0.2) is 6.10 Å². The maximum Gasteiger partial charge on any atom is 0.306 e. The van der Waals surface area contributed by atoms with Gasteiger partial charge in [0.2, 0.25) is 0 Å². The summed E-state index contributed by atoms with van der Waals surface area (Å²) in [6.07, 6.45) is 66.8. The molecule has 0 aromatic carbocycles. The lowest BCUT2D eigenvalue weighted by Crippen LogP contribution is -2.30. The van der Waals surface area contributed by atoms with Crippen molar-refractivity contribution in [3.63, 3.8) is 0 Å². The summed E-state index contributed by atoms with van der Waals surface area (Å²) in [5.41, 5.74) is 0. The molecule has 0 N–H and O–H groups in total. The van der Waals surface area contributed by atoms with Gasteiger partial charge in [0, 0.05) is 19.3 Å². The molecule has 0 fully saturated rings. The van der Waals surface area contributed by atoms with E-state index in [-0.39, 0.29) is 31.1 Å². The zero-order valence-corrected chi connectivity index (χ0v) is 40.8. The second kappa shape index (κ2) is 51.0. The van der Waals surface area contributed by atoms with E-state index in [4.69, 9.17) is 14.2 Å². The van der Waals surface area contributed by atoms with Gasteiger partial charge in [0.05, 0.1) is 0 Å². The zero-order valence-electron chi connectivity index (χ0n) is 40.8. The molecular formula is C57H94O6. The largest absolute Gasteiger partial charge is 0.462 e. The number of ether oxygens (including phenoxy) is 3. The molecule has 358 valence electrons. The monoisotopic (exact) mass is 875 g/mol. The third-order valence-electron chi connectivity index (χ3n) is 10.5. The van der Waals surface area contributed by atoms with E-state index in [9.17, 15) is 14.4 Å². The van der Waals surface area contributed by atoms with Gasteiger partial charge < -0.3 is 14.2 Å². The van der Waals surface area contributed by atoms with E-state index in [0.29, 0.717) is 25.7 Å². The third-order valence-corrected chi connectivity index (χ3v) is 10.5. The number of hydrogen-bond donors (Lipinski definition) is 0. The van der Waals surface area contributed by atoms with E-state index in [1.807, 2.05) is 0 Å². The Bertz CT molecular complexity index is 1280. The average Bonchev–Trinajstić information content (AvgIpc) is 3.28. The lowest BCUT2D eigenvalue weighted by Gasteiger charge is -2.18. The van der Waals surface area contributed by atoms with Gasteiger partial charge in [0.25, 0.3) is 0 Å². The highest BCUT2D eigenvalue weighted by Crippen LogP contribution is 2.12. The lowest BCUT2D eigenvalue weighted by molar-refractivity contribution is -0.167. The van der Waals surface area contributed by atoms with Crippen LogP contribution in [0.15, 0.2) is 97.2 Å². The summed E-state index contributed by atoms with van der Waals surface area (Å²) in [4.78, 5) is 38.0. The molecule has 0 saturated carbocycles. The third kappa shape index (κ3) is 49.2. The number of hydrogen-bond acceptors (Lipinski definition) is 6. The fraction of sp³-hybridized carbons (Fsp3) is 0.667. The SMILES string of the molecule is CC/C=C\C/C=C\C/C=C\C/C=C\CCCCC(=O)OC[C@H](COC(=O)CCCC/C=C\C/C=C\C/C=C\CCCCC)OC(=O)CCCCCCC/C=C\CCCCCCCC. The molecule has 6 heteroatoms. The Hall–Kier alpha value is -3.67. The molecule has 0 spiro atoms. The average molecular weight is 875 g/mol. The van der Waals surface area contributed by atoms with Crippen molar-refractivity contribution in [3.8, 4) is 0 Å². The smallest absolute Gasteiger partial charge is 0.306 e. The van der Waals surface area contributed by atoms with Crippen molar-refractivity contribution in [2.24, 2.45) is 0 Å². The maximum absolute atomic E-state index is 12.8. The Kier molecular flexibility index (Phi) is 48.0. The van der Waals surface area contributed by atoms with Crippen LogP contribution in [0.3, 0.4) is 0 Å². The van der Waals surface area contributed by atoms with Crippen LogP contribution in [0, 0.1) is 0 Å². The predicted molar refractivity (Wildman–Crippen MR) is 270 cm³/mol. The van der Waals surface area contributed by atoms with E-state index in [0.717, 1.165) is 103 Å². The molecule has 0 aliphatic heterocycles. The van der Waals surface area contributed by atoms with E-state index in [1.54, 1.807) is 0 Å². The van der Waals surface area contributed by atoms with E-state index >= 15 is 0 Å². The Morgan fingerprint density at radius 2 is 0.619 bits per heavy atom. The molecule has 1 atom stereocenters. The van der Waals surface area contributed by atoms with Crippen molar-refractivity contribution in [2.75, 3.05) is 13.2 Å². The Balaban J connectivity index is 4.54. The van der Waals surface area contributed by atoms with Gasteiger partial charge in [-0.25, -0.2) is 0 Å². The van der Waals surface area contributed by atoms with Crippen molar-refractivity contribution < 1.29 is 28.6 Å². The second-order valence-corrected chi connectivity index (χ2v) is 16.7. The highest BCUT2D eigenvalue weighted by molar-refractivity contribution is 5.71. The highest BCUT2D eigenvalue weighted by atomic mass is 16.6. The molecule has 0 unspecified atom stereocenters. The van der Waals surface area contributed by atoms with Crippen molar-refractivity contribution in [2.45, 2.75) is 232 Å². The van der Waals surface area contributed by atoms with Gasteiger partial charge in [-0.15, -0.1) is 0 Å². The normalized spacial score (nSPS) is 12.9. The van der Waals surface area contributed by atoms with Crippen LogP contribution in [-0.2, 0) is 28.6 Å². The van der Waals surface area contributed by atoms with Crippen molar-refractivity contribution in [1.29, 1.82) is 0 Å². The van der Waals surface area contributed by atoms with Crippen LogP contribution in [0.4, 0.5) is 0 Å². The molecule has 0 radical (unpaired) electrons. The van der Waals surface area contributed by atoms with Crippen LogP contribution in [0.5, 0.6) is 0 Å². The van der Waals surface area contributed by atoms with Gasteiger partial charge in [-0.1, -0.05) is 182 Å². The van der Waals surface area contributed by atoms with E-state index in [1.165, 1.54) is 77.0 Å². The van der Waals surface area contributed by atoms with Gasteiger partial charge in [-0.05, 0) is 122 Å². The molecule has 0 aromatic rings. The number of carbonyl (C=O) groups excluding carboxylic acids is 3. The number of esters is 3. The van der Waals surface area contributed by atoms with Crippen LogP contribution in [0.25, 0.3) is 0 Å². The fourth-order valence-electron chi connectivity index (χ4n) is 6.67. The fourth-order valence-corrected chi connectivity index (χ4v) is 6.67. The van der Waals surface area contributed by atoms with Crippen molar-refractivity contribution in [1.82, 2.24) is 0 Å². The first-order valence-electron chi connectivity index (χ1n) is 25.7. The molecular weight excluding hydrogens is 781 g/mol.